The van der Waals surface area contributed by atoms with E-state index in [1.54, 1.807) is 12.1 Å². The fraction of sp³-hybridized carbons (Fsp3) is 0. The van der Waals surface area contributed by atoms with Gasteiger partial charge in [0.15, 0.2) is 0 Å². The van der Waals surface area contributed by atoms with E-state index in [9.17, 15) is 20.2 Å². The summed E-state index contributed by atoms with van der Waals surface area (Å²) in [7, 11) is 0. The molecule has 3 rings (SSSR count). The molecule has 0 bridgehead atoms. The third kappa shape index (κ3) is 3.70. The number of benzene rings is 3. The van der Waals surface area contributed by atoms with Gasteiger partial charge in [0, 0.05) is 40.0 Å². The summed E-state index contributed by atoms with van der Waals surface area (Å²) in [5.74, 6) is 0. The van der Waals surface area contributed by atoms with E-state index in [1.807, 2.05) is 30.3 Å². The molecule has 0 fully saturated rings. The standard InChI is InChI=1S/C18H12BrN3O4/c19-17-10-13(21(23)24)6-8-15(17)16-9-7-14(22(25)26)11-18(16)20-12-4-2-1-3-5-12/h1-11,20H. The number of halogens is 1. The summed E-state index contributed by atoms with van der Waals surface area (Å²) >= 11 is 3.35. The lowest BCUT2D eigenvalue weighted by Crippen LogP contribution is -1.97. The van der Waals surface area contributed by atoms with Crippen molar-refractivity contribution in [1.29, 1.82) is 0 Å². The molecule has 0 saturated heterocycles. The monoisotopic (exact) mass is 413 g/mol. The van der Waals surface area contributed by atoms with Crippen molar-refractivity contribution in [2.24, 2.45) is 0 Å². The normalized spacial score (nSPS) is 10.3. The van der Waals surface area contributed by atoms with Crippen LogP contribution < -0.4 is 5.32 Å². The maximum absolute atomic E-state index is 11.1. The van der Waals surface area contributed by atoms with Crippen LogP contribution in [0.25, 0.3) is 11.1 Å². The van der Waals surface area contributed by atoms with Gasteiger partial charge in [-0.15, -0.1) is 0 Å². The summed E-state index contributed by atoms with van der Waals surface area (Å²) in [4.78, 5) is 21.1. The number of para-hydroxylation sites is 1. The maximum atomic E-state index is 11.1. The van der Waals surface area contributed by atoms with Crippen molar-refractivity contribution in [2.45, 2.75) is 0 Å². The summed E-state index contributed by atoms with van der Waals surface area (Å²) in [5, 5.41) is 25.2. The van der Waals surface area contributed by atoms with Crippen molar-refractivity contribution >= 4 is 38.7 Å². The summed E-state index contributed by atoms with van der Waals surface area (Å²) in [6.07, 6.45) is 0. The molecule has 0 unspecified atom stereocenters. The number of nitro groups is 2. The van der Waals surface area contributed by atoms with Crippen LogP contribution in [0.4, 0.5) is 22.7 Å². The van der Waals surface area contributed by atoms with Crippen molar-refractivity contribution in [3.63, 3.8) is 0 Å². The Labute approximate surface area is 156 Å². The smallest absolute Gasteiger partial charge is 0.271 e. The Kier molecular flexibility index (Phi) is 4.94. The van der Waals surface area contributed by atoms with Gasteiger partial charge in [0.05, 0.1) is 15.5 Å². The van der Waals surface area contributed by atoms with Gasteiger partial charge in [-0.2, -0.15) is 0 Å². The van der Waals surface area contributed by atoms with E-state index < -0.39 is 9.85 Å². The molecule has 26 heavy (non-hydrogen) atoms. The van der Waals surface area contributed by atoms with E-state index in [0.717, 1.165) is 5.69 Å². The summed E-state index contributed by atoms with van der Waals surface area (Å²) < 4.78 is 0.525. The molecule has 0 radical (unpaired) electrons. The van der Waals surface area contributed by atoms with E-state index in [2.05, 4.69) is 21.2 Å². The first-order chi connectivity index (χ1) is 12.5. The van der Waals surface area contributed by atoms with Crippen LogP contribution in [0, 0.1) is 20.2 Å². The summed E-state index contributed by atoms with van der Waals surface area (Å²) in [6.45, 7) is 0. The molecule has 0 aliphatic rings. The van der Waals surface area contributed by atoms with E-state index in [-0.39, 0.29) is 11.4 Å². The lowest BCUT2D eigenvalue weighted by Gasteiger charge is -2.13. The third-order valence-electron chi connectivity index (χ3n) is 3.72. The lowest BCUT2D eigenvalue weighted by molar-refractivity contribution is -0.385. The van der Waals surface area contributed by atoms with Gasteiger partial charge in [-0.25, -0.2) is 0 Å². The molecule has 0 amide bonds. The molecule has 0 atom stereocenters. The highest BCUT2D eigenvalue weighted by Gasteiger charge is 2.16. The fourth-order valence-electron chi connectivity index (χ4n) is 2.50. The largest absolute Gasteiger partial charge is 0.355 e. The molecular formula is C18H12BrN3O4. The number of hydrogen-bond acceptors (Lipinski definition) is 5. The minimum absolute atomic E-state index is 0.0416. The average molecular weight is 414 g/mol. The zero-order valence-electron chi connectivity index (χ0n) is 13.3. The molecule has 130 valence electrons. The average Bonchev–Trinajstić information content (AvgIpc) is 2.62. The predicted molar refractivity (Wildman–Crippen MR) is 103 cm³/mol. The van der Waals surface area contributed by atoms with Crippen molar-refractivity contribution in [3.8, 4) is 11.1 Å². The van der Waals surface area contributed by atoms with Crippen molar-refractivity contribution in [2.75, 3.05) is 5.32 Å². The van der Waals surface area contributed by atoms with E-state index in [4.69, 9.17) is 0 Å². The Morgan fingerprint density at radius 2 is 1.35 bits per heavy atom. The van der Waals surface area contributed by atoms with Gasteiger partial charge in [-0.3, -0.25) is 20.2 Å². The molecule has 0 aliphatic heterocycles. The third-order valence-corrected chi connectivity index (χ3v) is 4.38. The van der Waals surface area contributed by atoms with E-state index in [1.165, 1.54) is 24.3 Å². The Balaban J connectivity index is 2.11. The van der Waals surface area contributed by atoms with Crippen LogP contribution in [0.5, 0.6) is 0 Å². The Morgan fingerprint density at radius 3 is 1.92 bits per heavy atom. The Hall–Kier alpha value is -3.26. The maximum Gasteiger partial charge on any atom is 0.271 e. The fourth-order valence-corrected chi connectivity index (χ4v) is 3.08. The van der Waals surface area contributed by atoms with Crippen molar-refractivity contribution < 1.29 is 9.85 Å². The van der Waals surface area contributed by atoms with E-state index in [0.29, 0.717) is 21.3 Å². The SMILES string of the molecule is O=[N+]([O-])c1ccc(-c2ccc([N+](=O)[O-])cc2Nc2ccccc2)c(Br)c1. The van der Waals surface area contributed by atoms with Gasteiger partial charge < -0.3 is 5.32 Å². The highest BCUT2D eigenvalue weighted by Crippen LogP contribution is 2.38. The molecular weight excluding hydrogens is 402 g/mol. The number of hydrogen-bond donors (Lipinski definition) is 1. The van der Waals surface area contributed by atoms with Crippen molar-refractivity contribution in [1.82, 2.24) is 0 Å². The minimum atomic E-state index is -0.479. The number of nitro benzene ring substituents is 2. The van der Waals surface area contributed by atoms with Crippen LogP contribution in [-0.4, -0.2) is 9.85 Å². The Bertz CT molecular complexity index is 993. The van der Waals surface area contributed by atoms with E-state index >= 15 is 0 Å². The zero-order valence-corrected chi connectivity index (χ0v) is 14.8. The zero-order chi connectivity index (χ0) is 18.7. The molecule has 0 saturated carbocycles. The number of nitrogens with zero attached hydrogens (tertiary/aromatic N) is 2. The number of non-ortho nitro benzene ring substituents is 2. The van der Waals surface area contributed by atoms with Crippen LogP contribution in [-0.2, 0) is 0 Å². The predicted octanol–water partition coefficient (Wildman–Crippen LogP) is 5.68. The summed E-state index contributed by atoms with van der Waals surface area (Å²) in [5.41, 5.74) is 2.57. The topological polar surface area (TPSA) is 98.3 Å². The first-order valence-electron chi connectivity index (χ1n) is 7.50. The molecule has 1 N–H and O–H groups in total. The van der Waals surface area contributed by atoms with Gasteiger partial charge in [0.1, 0.15) is 0 Å². The molecule has 0 heterocycles. The number of anilines is 2. The molecule has 0 aliphatic carbocycles. The van der Waals surface area contributed by atoms with Crippen molar-refractivity contribution in [3.05, 3.63) is 91.4 Å². The van der Waals surface area contributed by atoms with Crippen LogP contribution >= 0.6 is 15.9 Å². The first-order valence-corrected chi connectivity index (χ1v) is 8.30. The minimum Gasteiger partial charge on any atom is -0.355 e. The molecule has 7 nitrogen and oxygen atoms in total. The molecule has 0 spiro atoms. The molecule has 3 aromatic rings. The number of nitrogens with one attached hydrogen (secondary N) is 1. The second kappa shape index (κ2) is 7.32. The Morgan fingerprint density at radius 1 is 0.769 bits per heavy atom. The van der Waals surface area contributed by atoms with Crippen LogP contribution in [0.2, 0.25) is 0 Å². The quantitative estimate of drug-likeness (QED) is 0.428. The lowest BCUT2D eigenvalue weighted by atomic mass is 10.0. The molecule has 8 heteroatoms. The van der Waals surface area contributed by atoms with Gasteiger partial charge in [0.25, 0.3) is 11.4 Å². The van der Waals surface area contributed by atoms with Gasteiger partial charge in [-0.1, -0.05) is 18.2 Å². The number of rotatable bonds is 5. The van der Waals surface area contributed by atoms with Crippen LogP contribution in [0.15, 0.2) is 71.2 Å². The van der Waals surface area contributed by atoms with Crippen LogP contribution in [0.3, 0.4) is 0 Å². The summed E-state index contributed by atoms with van der Waals surface area (Å²) in [6, 6.07) is 18.1. The second-order valence-electron chi connectivity index (χ2n) is 5.40. The van der Waals surface area contributed by atoms with Gasteiger partial charge in [0.2, 0.25) is 0 Å². The van der Waals surface area contributed by atoms with Crippen LogP contribution in [0.1, 0.15) is 0 Å². The first kappa shape index (κ1) is 17.6. The second-order valence-corrected chi connectivity index (χ2v) is 6.25. The van der Waals surface area contributed by atoms with Gasteiger partial charge >= 0.3 is 0 Å². The highest BCUT2D eigenvalue weighted by molar-refractivity contribution is 9.10. The highest BCUT2D eigenvalue weighted by atomic mass is 79.9. The molecule has 0 aromatic heterocycles. The van der Waals surface area contributed by atoms with Gasteiger partial charge in [-0.05, 0) is 45.8 Å². The molecule has 3 aromatic carbocycles.